The van der Waals surface area contributed by atoms with Crippen molar-refractivity contribution in [3.05, 3.63) is 71.2 Å². The van der Waals surface area contributed by atoms with Crippen molar-refractivity contribution < 1.29 is 13.9 Å². The van der Waals surface area contributed by atoms with Crippen molar-refractivity contribution in [2.75, 3.05) is 0 Å². The molecule has 3 aromatic rings. The van der Waals surface area contributed by atoms with Crippen molar-refractivity contribution in [3.8, 4) is 17.1 Å². The summed E-state index contributed by atoms with van der Waals surface area (Å²) in [6.07, 6.45) is 1.60. The van der Waals surface area contributed by atoms with Crippen molar-refractivity contribution in [2.45, 2.75) is 6.61 Å². The van der Waals surface area contributed by atoms with Gasteiger partial charge in [-0.05, 0) is 24.3 Å². The van der Waals surface area contributed by atoms with Crippen molar-refractivity contribution >= 4 is 17.5 Å². The maximum atomic E-state index is 11.3. The van der Waals surface area contributed by atoms with Gasteiger partial charge in [0.05, 0.1) is 11.8 Å². The van der Waals surface area contributed by atoms with E-state index >= 15 is 0 Å². The highest BCUT2D eigenvalue weighted by molar-refractivity contribution is 6.30. The Balaban J connectivity index is 1.74. The number of nitrogens with two attached hydrogens (primary N) is 1. The van der Waals surface area contributed by atoms with Crippen LogP contribution in [0.1, 0.15) is 16.2 Å². The van der Waals surface area contributed by atoms with Crippen LogP contribution in [0, 0.1) is 0 Å². The summed E-state index contributed by atoms with van der Waals surface area (Å²) in [6, 6.07) is 14.0. The highest BCUT2D eigenvalue weighted by Gasteiger charge is 2.11. The average molecular weight is 329 g/mol. The lowest BCUT2D eigenvalue weighted by Gasteiger charge is -2.07. The van der Waals surface area contributed by atoms with E-state index in [1.54, 1.807) is 42.6 Å². The minimum absolute atomic E-state index is 0.0882. The van der Waals surface area contributed by atoms with Gasteiger partial charge >= 0.3 is 0 Å². The number of oxazole rings is 1. The third kappa shape index (κ3) is 3.52. The van der Waals surface area contributed by atoms with E-state index in [-0.39, 0.29) is 6.61 Å². The molecule has 0 saturated heterocycles. The molecular weight excluding hydrogens is 316 g/mol. The predicted octanol–water partition coefficient (Wildman–Crippen LogP) is 3.67. The average Bonchev–Trinajstić information content (AvgIpc) is 3.02. The number of rotatable bonds is 5. The molecule has 0 fully saturated rings. The molecule has 0 radical (unpaired) electrons. The SMILES string of the molecule is NC(=O)c1ccccc1OCc1ncc(-c2cccc(Cl)c2)o1. The van der Waals surface area contributed by atoms with Crippen LogP contribution in [-0.4, -0.2) is 10.9 Å². The molecule has 0 atom stereocenters. The Morgan fingerprint density at radius 3 is 2.83 bits per heavy atom. The largest absolute Gasteiger partial charge is 0.483 e. The lowest BCUT2D eigenvalue weighted by Crippen LogP contribution is -2.12. The summed E-state index contributed by atoms with van der Waals surface area (Å²) in [7, 11) is 0. The molecular formula is C17H13ClN2O3. The maximum Gasteiger partial charge on any atom is 0.252 e. The number of aromatic nitrogens is 1. The van der Waals surface area contributed by atoms with Gasteiger partial charge in [0.15, 0.2) is 12.4 Å². The first kappa shape index (κ1) is 15.1. The Bertz CT molecular complexity index is 845. The molecule has 0 saturated carbocycles. The number of primary amides is 1. The second kappa shape index (κ2) is 6.54. The Kier molecular flexibility index (Phi) is 4.30. The number of hydrogen-bond acceptors (Lipinski definition) is 4. The minimum atomic E-state index is -0.548. The summed E-state index contributed by atoms with van der Waals surface area (Å²) >= 11 is 5.96. The molecule has 6 heteroatoms. The number of hydrogen-bond donors (Lipinski definition) is 1. The van der Waals surface area contributed by atoms with Crippen LogP contribution < -0.4 is 10.5 Å². The van der Waals surface area contributed by atoms with E-state index in [0.717, 1.165) is 5.56 Å². The molecule has 1 aromatic heterocycles. The van der Waals surface area contributed by atoms with Gasteiger partial charge in [0.2, 0.25) is 5.89 Å². The number of halogens is 1. The lowest BCUT2D eigenvalue weighted by atomic mass is 10.2. The fraction of sp³-hybridized carbons (Fsp3) is 0.0588. The maximum absolute atomic E-state index is 11.3. The zero-order valence-electron chi connectivity index (χ0n) is 12.0. The number of para-hydroxylation sites is 1. The first-order valence-electron chi connectivity index (χ1n) is 6.86. The smallest absolute Gasteiger partial charge is 0.252 e. The lowest BCUT2D eigenvalue weighted by molar-refractivity contribution is 0.0995. The van der Waals surface area contributed by atoms with E-state index < -0.39 is 5.91 Å². The number of carbonyl (C=O) groups is 1. The number of amides is 1. The molecule has 23 heavy (non-hydrogen) atoms. The fourth-order valence-corrected chi connectivity index (χ4v) is 2.28. The quantitative estimate of drug-likeness (QED) is 0.775. The Labute approximate surface area is 137 Å². The second-order valence-electron chi connectivity index (χ2n) is 4.78. The van der Waals surface area contributed by atoms with Gasteiger partial charge in [-0.3, -0.25) is 4.79 Å². The summed E-state index contributed by atoms with van der Waals surface area (Å²) in [5.74, 6) is 0.823. The zero-order valence-corrected chi connectivity index (χ0v) is 12.8. The van der Waals surface area contributed by atoms with Crippen molar-refractivity contribution in [2.24, 2.45) is 5.73 Å². The summed E-state index contributed by atoms with van der Waals surface area (Å²) in [4.78, 5) is 15.5. The van der Waals surface area contributed by atoms with Crippen molar-refractivity contribution in [1.29, 1.82) is 0 Å². The first-order chi connectivity index (χ1) is 11.1. The molecule has 0 aliphatic heterocycles. The highest BCUT2D eigenvalue weighted by atomic mass is 35.5. The van der Waals surface area contributed by atoms with E-state index in [1.165, 1.54) is 0 Å². The van der Waals surface area contributed by atoms with Gasteiger partial charge in [-0.15, -0.1) is 0 Å². The first-order valence-corrected chi connectivity index (χ1v) is 7.23. The normalized spacial score (nSPS) is 10.5. The molecule has 1 heterocycles. The molecule has 2 N–H and O–H groups in total. The third-order valence-corrected chi connectivity index (χ3v) is 3.40. The molecule has 1 amide bonds. The highest BCUT2D eigenvalue weighted by Crippen LogP contribution is 2.24. The minimum Gasteiger partial charge on any atom is -0.483 e. The molecule has 0 spiro atoms. The van der Waals surface area contributed by atoms with E-state index in [0.29, 0.717) is 28.0 Å². The van der Waals surface area contributed by atoms with Gasteiger partial charge in [-0.1, -0.05) is 35.9 Å². The molecule has 116 valence electrons. The molecule has 0 aliphatic carbocycles. The second-order valence-corrected chi connectivity index (χ2v) is 5.21. The van der Waals surface area contributed by atoms with Crippen LogP contribution in [0.25, 0.3) is 11.3 Å². The van der Waals surface area contributed by atoms with Gasteiger partial charge < -0.3 is 14.9 Å². The van der Waals surface area contributed by atoms with Gasteiger partial charge in [-0.25, -0.2) is 4.98 Å². The summed E-state index contributed by atoms with van der Waals surface area (Å²) in [5.41, 5.74) is 6.45. The van der Waals surface area contributed by atoms with E-state index in [4.69, 9.17) is 26.5 Å². The van der Waals surface area contributed by atoms with Crippen molar-refractivity contribution in [1.82, 2.24) is 4.98 Å². The molecule has 3 rings (SSSR count). The zero-order chi connectivity index (χ0) is 16.2. The summed E-state index contributed by atoms with van der Waals surface area (Å²) in [6.45, 7) is 0.0882. The summed E-state index contributed by atoms with van der Waals surface area (Å²) < 4.78 is 11.2. The van der Waals surface area contributed by atoms with Crippen LogP contribution in [0.3, 0.4) is 0 Å². The molecule has 0 unspecified atom stereocenters. The van der Waals surface area contributed by atoms with Crippen LogP contribution in [0.5, 0.6) is 5.75 Å². The fourth-order valence-electron chi connectivity index (χ4n) is 2.09. The van der Waals surface area contributed by atoms with Crippen LogP contribution in [0.4, 0.5) is 0 Å². The summed E-state index contributed by atoms with van der Waals surface area (Å²) in [5, 5.41) is 0.618. The number of benzene rings is 2. The number of nitrogens with zero attached hydrogens (tertiary/aromatic N) is 1. The predicted molar refractivity (Wildman–Crippen MR) is 86.2 cm³/mol. The monoisotopic (exact) mass is 328 g/mol. The Morgan fingerprint density at radius 1 is 1.22 bits per heavy atom. The molecule has 5 nitrogen and oxygen atoms in total. The van der Waals surface area contributed by atoms with Crippen LogP contribution in [0.2, 0.25) is 5.02 Å². The van der Waals surface area contributed by atoms with Gasteiger partial charge in [0.25, 0.3) is 5.91 Å². The number of ether oxygens (including phenoxy) is 1. The molecule has 0 bridgehead atoms. The molecule has 0 aliphatic rings. The van der Waals surface area contributed by atoms with E-state index in [2.05, 4.69) is 4.98 Å². The van der Waals surface area contributed by atoms with E-state index in [9.17, 15) is 4.79 Å². The number of carbonyl (C=O) groups excluding carboxylic acids is 1. The van der Waals surface area contributed by atoms with Gasteiger partial charge in [-0.2, -0.15) is 0 Å². The molecule has 2 aromatic carbocycles. The topological polar surface area (TPSA) is 78.4 Å². The van der Waals surface area contributed by atoms with Crippen LogP contribution in [-0.2, 0) is 6.61 Å². The third-order valence-electron chi connectivity index (χ3n) is 3.17. The van der Waals surface area contributed by atoms with Crippen LogP contribution in [0.15, 0.2) is 59.1 Å². The van der Waals surface area contributed by atoms with Crippen molar-refractivity contribution in [3.63, 3.8) is 0 Å². The van der Waals surface area contributed by atoms with Gasteiger partial charge in [0.1, 0.15) is 5.75 Å². The Morgan fingerprint density at radius 2 is 2.04 bits per heavy atom. The van der Waals surface area contributed by atoms with E-state index in [1.807, 2.05) is 12.1 Å². The standard InChI is InChI=1S/C17H13ClN2O3/c18-12-5-3-4-11(8-12)15-9-20-16(23-15)10-22-14-7-2-1-6-13(14)17(19)21/h1-9H,10H2,(H2,19,21). The van der Waals surface area contributed by atoms with Crippen LogP contribution >= 0.6 is 11.6 Å². The van der Waals surface area contributed by atoms with Gasteiger partial charge in [0, 0.05) is 10.6 Å². The Hall–Kier alpha value is -2.79.